The van der Waals surface area contributed by atoms with Crippen molar-refractivity contribution in [3.8, 4) is 5.75 Å². The van der Waals surface area contributed by atoms with Crippen molar-refractivity contribution in [3.05, 3.63) is 36.2 Å². The Bertz CT molecular complexity index is 807. The van der Waals surface area contributed by atoms with Gasteiger partial charge >= 0.3 is 0 Å². The van der Waals surface area contributed by atoms with Gasteiger partial charge in [0.1, 0.15) is 5.75 Å². The van der Waals surface area contributed by atoms with Crippen LogP contribution >= 0.6 is 0 Å². The third kappa shape index (κ3) is 1.97. The monoisotopic (exact) mass is 269 g/mol. The molecule has 0 radical (unpaired) electrons. The molecule has 0 fully saturated rings. The average Bonchev–Trinajstić information content (AvgIpc) is 2.75. The standard InChI is InChI=1S/C15H15N3O2/c1-8(17-9(2)19)14-15-11(5-6-16-14)12-7-10(20)3-4-13(12)18-15/h3-8,18,20H,1-2H3,(H,17,19)/t8-/m1/s1. The van der Waals surface area contributed by atoms with E-state index < -0.39 is 0 Å². The zero-order valence-corrected chi connectivity index (χ0v) is 11.3. The number of amides is 1. The lowest BCUT2D eigenvalue weighted by Gasteiger charge is -2.12. The highest BCUT2D eigenvalue weighted by Crippen LogP contribution is 2.31. The van der Waals surface area contributed by atoms with Crippen LogP contribution < -0.4 is 5.32 Å². The number of carbonyl (C=O) groups is 1. The van der Waals surface area contributed by atoms with Gasteiger partial charge in [0, 0.05) is 29.4 Å². The molecule has 0 bridgehead atoms. The fourth-order valence-corrected chi connectivity index (χ4v) is 2.53. The summed E-state index contributed by atoms with van der Waals surface area (Å²) < 4.78 is 0. The number of pyridine rings is 1. The molecule has 3 rings (SSSR count). The maximum Gasteiger partial charge on any atom is 0.217 e. The Morgan fingerprint density at radius 2 is 2.15 bits per heavy atom. The minimum absolute atomic E-state index is 0.0925. The first-order valence-corrected chi connectivity index (χ1v) is 6.42. The quantitative estimate of drug-likeness (QED) is 0.669. The first-order valence-electron chi connectivity index (χ1n) is 6.42. The van der Waals surface area contributed by atoms with Crippen LogP contribution in [0.15, 0.2) is 30.5 Å². The summed E-state index contributed by atoms with van der Waals surface area (Å²) >= 11 is 0. The van der Waals surface area contributed by atoms with E-state index in [0.29, 0.717) is 0 Å². The molecule has 0 saturated heterocycles. The van der Waals surface area contributed by atoms with Gasteiger partial charge in [-0.2, -0.15) is 0 Å². The van der Waals surface area contributed by atoms with Crippen molar-refractivity contribution in [3.63, 3.8) is 0 Å². The molecule has 3 N–H and O–H groups in total. The van der Waals surface area contributed by atoms with Crippen molar-refractivity contribution in [1.82, 2.24) is 15.3 Å². The smallest absolute Gasteiger partial charge is 0.217 e. The van der Waals surface area contributed by atoms with Gasteiger partial charge in [0.05, 0.1) is 17.3 Å². The second-order valence-electron chi connectivity index (χ2n) is 4.90. The van der Waals surface area contributed by atoms with Crippen molar-refractivity contribution in [2.24, 2.45) is 0 Å². The number of rotatable bonds is 2. The second-order valence-corrected chi connectivity index (χ2v) is 4.90. The predicted molar refractivity (Wildman–Crippen MR) is 77.5 cm³/mol. The molecule has 102 valence electrons. The first-order chi connectivity index (χ1) is 9.56. The van der Waals surface area contributed by atoms with Gasteiger partial charge < -0.3 is 15.4 Å². The first kappa shape index (κ1) is 12.5. The van der Waals surface area contributed by atoms with E-state index in [-0.39, 0.29) is 17.7 Å². The fraction of sp³-hybridized carbons (Fsp3) is 0.200. The van der Waals surface area contributed by atoms with Gasteiger partial charge in [0.2, 0.25) is 5.91 Å². The largest absolute Gasteiger partial charge is 0.508 e. The van der Waals surface area contributed by atoms with E-state index in [1.165, 1.54) is 6.92 Å². The number of fused-ring (bicyclic) bond motifs is 3. The van der Waals surface area contributed by atoms with Gasteiger partial charge in [-0.25, -0.2) is 0 Å². The highest BCUT2D eigenvalue weighted by Gasteiger charge is 2.15. The highest BCUT2D eigenvalue weighted by molar-refractivity contribution is 6.08. The van der Waals surface area contributed by atoms with Gasteiger partial charge in [-0.1, -0.05) is 0 Å². The number of carbonyl (C=O) groups excluding carboxylic acids is 1. The number of nitrogens with zero attached hydrogens (tertiary/aromatic N) is 1. The third-order valence-corrected chi connectivity index (χ3v) is 3.36. The number of aromatic hydroxyl groups is 1. The molecule has 20 heavy (non-hydrogen) atoms. The van der Waals surface area contributed by atoms with Gasteiger partial charge in [0.15, 0.2) is 0 Å². The topological polar surface area (TPSA) is 78.0 Å². The molecule has 0 aliphatic rings. The Labute approximate surface area is 115 Å². The lowest BCUT2D eigenvalue weighted by molar-refractivity contribution is -0.119. The molecule has 5 heteroatoms. The minimum Gasteiger partial charge on any atom is -0.508 e. The van der Waals surface area contributed by atoms with Crippen LogP contribution in [0.5, 0.6) is 5.75 Å². The summed E-state index contributed by atoms with van der Waals surface area (Å²) in [5, 5.41) is 14.4. The molecular weight excluding hydrogens is 254 g/mol. The average molecular weight is 269 g/mol. The molecule has 1 aromatic carbocycles. The predicted octanol–water partition coefficient (Wildman–Crippen LogP) is 2.62. The van der Waals surface area contributed by atoms with Crippen LogP contribution in [0.2, 0.25) is 0 Å². The summed E-state index contributed by atoms with van der Waals surface area (Å²) in [5.41, 5.74) is 2.60. The number of phenolic OH excluding ortho intramolecular Hbond substituents is 1. The minimum atomic E-state index is -0.183. The Morgan fingerprint density at radius 1 is 1.35 bits per heavy atom. The molecule has 5 nitrogen and oxygen atoms in total. The zero-order chi connectivity index (χ0) is 14.3. The molecule has 1 amide bonds. The molecule has 1 atom stereocenters. The molecule has 0 unspecified atom stereocenters. The van der Waals surface area contributed by atoms with Crippen molar-refractivity contribution in [2.75, 3.05) is 0 Å². The highest BCUT2D eigenvalue weighted by atomic mass is 16.3. The van der Waals surface area contributed by atoms with Crippen LogP contribution in [0.1, 0.15) is 25.6 Å². The Hall–Kier alpha value is -2.56. The van der Waals surface area contributed by atoms with E-state index in [4.69, 9.17) is 0 Å². The summed E-state index contributed by atoms with van der Waals surface area (Å²) in [5.74, 6) is 0.136. The van der Waals surface area contributed by atoms with Gasteiger partial charge in [-0.05, 0) is 31.2 Å². The van der Waals surface area contributed by atoms with E-state index in [9.17, 15) is 9.90 Å². The van der Waals surface area contributed by atoms with Crippen LogP contribution in [0.25, 0.3) is 21.8 Å². The van der Waals surface area contributed by atoms with Crippen LogP contribution in [0.4, 0.5) is 0 Å². The fourth-order valence-electron chi connectivity index (χ4n) is 2.53. The normalized spacial score (nSPS) is 12.7. The Balaban J connectivity index is 2.24. The van der Waals surface area contributed by atoms with E-state index in [2.05, 4.69) is 15.3 Å². The Kier molecular flexibility index (Phi) is 2.82. The molecule has 0 aliphatic heterocycles. The van der Waals surface area contributed by atoms with E-state index in [0.717, 1.165) is 27.5 Å². The van der Waals surface area contributed by atoms with E-state index in [1.54, 1.807) is 18.3 Å². The third-order valence-electron chi connectivity index (χ3n) is 3.36. The number of hydrogen-bond acceptors (Lipinski definition) is 3. The molecular formula is C15H15N3O2. The molecule has 2 aromatic heterocycles. The maximum atomic E-state index is 11.2. The van der Waals surface area contributed by atoms with Crippen molar-refractivity contribution < 1.29 is 9.90 Å². The number of nitrogens with one attached hydrogen (secondary N) is 2. The van der Waals surface area contributed by atoms with Crippen molar-refractivity contribution in [1.29, 1.82) is 0 Å². The van der Waals surface area contributed by atoms with Gasteiger partial charge in [-0.15, -0.1) is 0 Å². The summed E-state index contributed by atoms with van der Waals surface area (Å²) in [4.78, 5) is 18.9. The van der Waals surface area contributed by atoms with E-state index in [1.807, 2.05) is 19.1 Å². The number of benzene rings is 1. The summed E-state index contributed by atoms with van der Waals surface area (Å²) in [6.07, 6.45) is 1.72. The van der Waals surface area contributed by atoms with Gasteiger partial charge in [0.25, 0.3) is 0 Å². The lowest BCUT2D eigenvalue weighted by atomic mass is 10.1. The van der Waals surface area contributed by atoms with Crippen LogP contribution in [-0.2, 0) is 4.79 Å². The SMILES string of the molecule is CC(=O)N[C@H](C)c1nccc2c1[nH]c1ccc(O)cc12. The van der Waals surface area contributed by atoms with Gasteiger partial charge in [-0.3, -0.25) is 9.78 Å². The maximum absolute atomic E-state index is 11.2. The molecule has 0 spiro atoms. The molecule has 0 saturated carbocycles. The van der Waals surface area contributed by atoms with Crippen molar-refractivity contribution >= 4 is 27.7 Å². The van der Waals surface area contributed by atoms with Crippen LogP contribution in [0.3, 0.4) is 0 Å². The molecule has 3 aromatic rings. The van der Waals surface area contributed by atoms with Crippen molar-refractivity contribution in [2.45, 2.75) is 19.9 Å². The Morgan fingerprint density at radius 3 is 2.90 bits per heavy atom. The van der Waals surface area contributed by atoms with Crippen LogP contribution in [-0.4, -0.2) is 21.0 Å². The number of phenols is 1. The summed E-state index contributed by atoms with van der Waals surface area (Å²) in [7, 11) is 0. The number of aromatic nitrogens is 2. The zero-order valence-electron chi connectivity index (χ0n) is 11.3. The van der Waals surface area contributed by atoms with Crippen LogP contribution in [0, 0.1) is 0 Å². The lowest BCUT2D eigenvalue weighted by Crippen LogP contribution is -2.24. The second kappa shape index (κ2) is 4.52. The number of H-pyrrole nitrogens is 1. The number of aromatic amines is 1. The molecule has 2 heterocycles. The summed E-state index contributed by atoms with van der Waals surface area (Å²) in [6, 6.07) is 6.91. The summed E-state index contributed by atoms with van der Waals surface area (Å²) in [6.45, 7) is 3.38. The number of hydrogen-bond donors (Lipinski definition) is 3. The van der Waals surface area contributed by atoms with E-state index >= 15 is 0 Å². The molecule has 0 aliphatic carbocycles.